The summed E-state index contributed by atoms with van der Waals surface area (Å²) in [6.07, 6.45) is 12.1. The Morgan fingerprint density at radius 3 is 3.09 bits per heavy atom. The third-order valence-corrected chi connectivity index (χ3v) is 4.45. The lowest BCUT2D eigenvalue weighted by molar-refractivity contribution is -0.152. The standard InChI is InChI=1S/C16H15N3O3/c20-12-5-10(6-12)9-22-15(21)16-4-2-1-3-11(16)7-13-14(8-16)18-19-17-13/h1-4,7-8,10,12,20H,5-6,9H2. The summed E-state index contributed by atoms with van der Waals surface area (Å²) < 4.78 is 5.51. The second-order valence-corrected chi connectivity index (χ2v) is 5.98. The highest BCUT2D eigenvalue weighted by Gasteiger charge is 2.44. The number of hydrogen-bond donors (Lipinski definition) is 1. The van der Waals surface area contributed by atoms with E-state index in [0.29, 0.717) is 30.9 Å². The van der Waals surface area contributed by atoms with E-state index in [1.54, 1.807) is 6.08 Å². The molecule has 0 saturated heterocycles. The average Bonchev–Trinajstić information content (AvgIpc) is 2.94. The molecule has 0 bridgehead atoms. The summed E-state index contributed by atoms with van der Waals surface area (Å²) in [6.45, 7) is 0.341. The van der Waals surface area contributed by atoms with Crippen molar-refractivity contribution in [3.05, 3.63) is 47.7 Å². The summed E-state index contributed by atoms with van der Waals surface area (Å²) in [5.41, 5.74) is 1.12. The molecule has 6 heteroatoms. The number of aliphatic hydroxyl groups is 1. The molecule has 1 fully saturated rings. The third-order valence-electron chi connectivity index (χ3n) is 4.45. The summed E-state index contributed by atoms with van der Waals surface area (Å²) in [7, 11) is 0. The van der Waals surface area contributed by atoms with Crippen molar-refractivity contribution in [3.63, 3.8) is 0 Å². The van der Waals surface area contributed by atoms with Gasteiger partial charge in [0, 0.05) is 0 Å². The van der Waals surface area contributed by atoms with E-state index in [2.05, 4.69) is 15.4 Å². The Kier molecular flexibility index (Phi) is 2.94. The van der Waals surface area contributed by atoms with Gasteiger partial charge in [-0.05, 0) is 41.7 Å². The summed E-state index contributed by atoms with van der Waals surface area (Å²) in [6, 6.07) is 0. The van der Waals surface area contributed by atoms with Gasteiger partial charge in [-0.1, -0.05) is 24.3 Å². The van der Waals surface area contributed by atoms with Gasteiger partial charge in [0.1, 0.15) is 16.8 Å². The molecule has 0 aromatic carbocycles. The minimum Gasteiger partial charge on any atom is -0.464 e. The molecule has 4 aliphatic rings. The molecule has 6 nitrogen and oxygen atoms in total. The summed E-state index contributed by atoms with van der Waals surface area (Å²) in [4.78, 5) is 12.7. The van der Waals surface area contributed by atoms with E-state index in [1.165, 1.54) is 0 Å². The van der Waals surface area contributed by atoms with E-state index >= 15 is 0 Å². The molecule has 0 spiro atoms. The molecule has 0 amide bonds. The Bertz CT molecular complexity index is 708. The van der Waals surface area contributed by atoms with Crippen LogP contribution in [0.15, 0.2) is 63.2 Å². The summed E-state index contributed by atoms with van der Waals surface area (Å²) in [5, 5.41) is 20.8. The maximum absolute atomic E-state index is 12.7. The lowest BCUT2D eigenvalue weighted by atomic mass is 9.73. The smallest absolute Gasteiger partial charge is 0.324 e. The number of rotatable bonds is 3. The van der Waals surface area contributed by atoms with E-state index in [4.69, 9.17) is 4.74 Å². The maximum atomic E-state index is 12.7. The van der Waals surface area contributed by atoms with Gasteiger partial charge >= 0.3 is 5.97 Å². The number of hydrogen-bond acceptors (Lipinski definition) is 6. The van der Waals surface area contributed by atoms with Crippen LogP contribution in [0.1, 0.15) is 12.8 Å². The Morgan fingerprint density at radius 2 is 2.27 bits per heavy atom. The van der Waals surface area contributed by atoms with E-state index in [9.17, 15) is 9.90 Å². The molecular weight excluding hydrogens is 282 g/mol. The number of aliphatic hydroxyl groups excluding tert-OH is 1. The molecule has 112 valence electrons. The predicted molar refractivity (Wildman–Crippen MR) is 78.9 cm³/mol. The molecule has 3 aliphatic carbocycles. The fourth-order valence-electron chi connectivity index (χ4n) is 3.08. The van der Waals surface area contributed by atoms with E-state index in [-0.39, 0.29) is 18.0 Å². The van der Waals surface area contributed by atoms with Crippen molar-refractivity contribution in [1.82, 2.24) is 0 Å². The Hall–Kier alpha value is -2.34. The molecule has 4 rings (SSSR count). The van der Waals surface area contributed by atoms with Gasteiger partial charge in [0.05, 0.1) is 12.7 Å². The van der Waals surface area contributed by atoms with Crippen LogP contribution in [0.3, 0.4) is 0 Å². The van der Waals surface area contributed by atoms with Crippen LogP contribution in [0, 0.1) is 11.3 Å². The molecule has 1 unspecified atom stereocenters. The van der Waals surface area contributed by atoms with Crippen LogP contribution < -0.4 is 0 Å². The first kappa shape index (κ1) is 13.3. The number of ether oxygens (including phenoxy) is 1. The van der Waals surface area contributed by atoms with Crippen molar-refractivity contribution in [2.75, 3.05) is 6.61 Å². The number of nitrogens with zero attached hydrogens (tertiary/aromatic N) is 3. The van der Waals surface area contributed by atoms with Gasteiger partial charge in [0.2, 0.25) is 0 Å². The molecule has 0 radical (unpaired) electrons. The Balaban J connectivity index is 1.58. The van der Waals surface area contributed by atoms with Crippen LogP contribution in [0.4, 0.5) is 0 Å². The molecule has 22 heavy (non-hydrogen) atoms. The summed E-state index contributed by atoms with van der Waals surface area (Å²) >= 11 is 0. The van der Waals surface area contributed by atoms with Crippen molar-refractivity contribution in [1.29, 1.82) is 0 Å². The first-order valence-corrected chi connectivity index (χ1v) is 7.33. The molecule has 1 saturated carbocycles. The minimum atomic E-state index is -0.950. The number of fused-ring (bicyclic) bond motifs is 2. The SMILES string of the molecule is O=C(OCC1CC(O)C1)C12C=CC=CC1=CC1=NN=NC1=C2. The third kappa shape index (κ3) is 1.99. The van der Waals surface area contributed by atoms with Crippen molar-refractivity contribution < 1.29 is 14.6 Å². The zero-order chi connectivity index (χ0) is 15.2. The number of esters is 1. The lowest BCUT2D eigenvalue weighted by Gasteiger charge is -2.34. The Morgan fingerprint density at radius 1 is 1.41 bits per heavy atom. The largest absolute Gasteiger partial charge is 0.464 e. The van der Waals surface area contributed by atoms with E-state index in [1.807, 2.05) is 30.4 Å². The van der Waals surface area contributed by atoms with Gasteiger partial charge in [-0.15, -0.1) is 10.2 Å². The first-order valence-electron chi connectivity index (χ1n) is 7.33. The first-order chi connectivity index (χ1) is 10.7. The molecule has 1 heterocycles. The highest BCUT2D eigenvalue weighted by molar-refractivity contribution is 6.12. The molecule has 0 aromatic heterocycles. The van der Waals surface area contributed by atoms with E-state index in [0.717, 1.165) is 5.57 Å². The molecule has 1 aliphatic heterocycles. The van der Waals surface area contributed by atoms with Crippen molar-refractivity contribution in [2.24, 2.45) is 26.8 Å². The quantitative estimate of drug-likeness (QED) is 0.809. The van der Waals surface area contributed by atoms with Crippen molar-refractivity contribution >= 4 is 11.7 Å². The van der Waals surface area contributed by atoms with Crippen molar-refractivity contribution in [3.8, 4) is 0 Å². The number of allylic oxidation sites excluding steroid dienone is 4. The van der Waals surface area contributed by atoms with Gasteiger partial charge in [-0.2, -0.15) is 0 Å². The van der Waals surface area contributed by atoms with Crippen LogP contribution in [-0.2, 0) is 9.53 Å². The minimum absolute atomic E-state index is 0.246. The van der Waals surface area contributed by atoms with Gasteiger partial charge in [-0.25, -0.2) is 0 Å². The molecule has 1 atom stereocenters. The lowest BCUT2D eigenvalue weighted by Crippen LogP contribution is -2.38. The predicted octanol–water partition coefficient (Wildman–Crippen LogP) is 2.06. The normalized spacial score (nSPS) is 34.1. The Labute approximate surface area is 127 Å². The fraction of sp³-hybridized carbons (Fsp3) is 0.375. The monoisotopic (exact) mass is 297 g/mol. The van der Waals surface area contributed by atoms with Crippen LogP contribution in [0.2, 0.25) is 0 Å². The van der Waals surface area contributed by atoms with Crippen LogP contribution in [0.25, 0.3) is 0 Å². The average molecular weight is 297 g/mol. The van der Waals surface area contributed by atoms with Gasteiger partial charge in [0.25, 0.3) is 0 Å². The van der Waals surface area contributed by atoms with Crippen molar-refractivity contribution in [2.45, 2.75) is 18.9 Å². The highest BCUT2D eigenvalue weighted by atomic mass is 16.5. The number of carbonyl (C=O) groups excluding carboxylic acids is 1. The van der Waals surface area contributed by atoms with Crippen LogP contribution in [-0.4, -0.2) is 29.5 Å². The molecule has 0 aromatic rings. The second-order valence-electron chi connectivity index (χ2n) is 5.98. The zero-order valence-corrected chi connectivity index (χ0v) is 11.8. The van der Waals surface area contributed by atoms with Crippen LogP contribution in [0.5, 0.6) is 0 Å². The topological polar surface area (TPSA) is 83.6 Å². The zero-order valence-electron chi connectivity index (χ0n) is 11.8. The second kappa shape index (κ2) is 4.84. The van der Waals surface area contributed by atoms with Gasteiger partial charge < -0.3 is 9.84 Å². The number of carbonyl (C=O) groups is 1. The van der Waals surface area contributed by atoms with Gasteiger partial charge in [-0.3, -0.25) is 4.79 Å². The van der Waals surface area contributed by atoms with Gasteiger partial charge in [0.15, 0.2) is 0 Å². The molecule has 1 N–H and O–H groups in total. The molecular formula is C16H15N3O3. The highest BCUT2D eigenvalue weighted by Crippen LogP contribution is 2.42. The maximum Gasteiger partial charge on any atom is 0.324 e. The van der Waals surface area contributed by atoms with Crippen LogP contribution >= 0.6 is 0 Å². The fourth-order valence-corrected chi connectivity index (χ4v) is 3.08. The van der Waals surface area contributed by atoms with E-state index < -0.39 is 5.41 Å². The summed E-state index contributed by atoms with van der Waals surface area (Å²) in [5.74, 6) is -0.0696.